The Labute approximate surface area is 148 Å². The van der Waals surface area contributed by atoms with Crippen molar-refractivity contribution in [1.82, 2.24) is 19.2 Å². The molecule has 2 aromatic heterocycles. The van der Waals surface area contributed by atoms with Gasteiger partial charge >= 0.3 is 6.09 Å². The third-order valence-corrected chi connectivity index (χ3v) is 4.52. The fourth-order valence-corrected chi connectivity index (χ4v) is 3.19. The zero-order valence-corrected chi connectivity index (χ0v) is 15.2. The van der Waals surface area contributed by atoms with Crippen molar-refractivity contribution < 1.29 is 14.3 Å². The van der Waals surface area contributed by atoms with E-state index in [2.05, 4.69) is 20.9 Å². The van der Waals surface area contributed by atoms with E-state index in [1.807, 2.05) is 25.3 Å². The van der Waals surface area contributed by atoms with Crippen LogP contribution in [0.25, 0.3) is 5.65 Å². The number of carbonyl (C=O) groups excluding carboxylic acids is 2. The number of carbonyl (C=O) groups is 2. The van der Waals surface area contributed by atoms with Gasteiger partial charge in [-0.25, -0.2) is 9.78 Å². The molecule has 0 radical (unpaired) electrons. The van der Waals surface area contributed by atoms with Gasteiger partial charge in [0.1, 0.15) is 11.3 Å². The Morgan fingerprint density at radius 1 is 1.21 bits per heavy atom. The SMILES string of the molecule is CCOC(=O)N1CCN(C(=O)c2c(C)nc3ccc(Br)cn23)CC1. The molecule has 0 aromatic carbocycles. The number of aromatic nitrogens is 2. The average Bonchev–Trinajstić information content (AvgIpc) is 2.89. The van der Waals surface area contributed by atoms with Gasteiger partial charge in [0.05, 0.1) is 12.3 Å². The van der Waals surface area contributed by atoms with E-state index in [1.165, 1.54) is 0 Å². The lowest BCUT2D eigenvalue weighted by molar-refractivity contribution is 0.0564. The van der Waals surface area contributed by atoms with E-state index in [0.29, 0.717) is 44.2 Å². The Hall–Kier alpha value is -2.09. The second-order valence-electron chi connectivity index (χ2n) is 5.60. The van der Waals surface area contributed by atoms with Crippen LogP contribution < -0.4 is 0 Å². The van der Waals surface area contributed by atoms with Crippen molar-refractivity contribution in [3.63, 3.8) is 0 Å². The van der Waals surface area contributed by atoms with Gasteiger partial charge in [-0.2, -0.15) is 0 Å². The molecule has 0 N–H and O–H groups in total. The van der Waals surface area contributed by atoms with Gasteiger partial charge in [-0.15, -0.1) is 0 Å². The van der Waals surface area contributed by atoms with Crippen LogP contribution in [0.2, 0.25) is 0 Å². The zero-order valence-electron chi connectivity index (χ0n) is 13.7. The van der Waals surface area contributed by atoms with E-state index < -0.39 is 0 Å². The van der Waals surface area contributed by atoms with Crippen LogP contribution in [0.1, 0.15) is 23.1 Å². The third-order valence-electron chi connectivity index (χ3n) is 4.05. The van der Waals surface area contributed by atoms with Crippen molar-refractivity contribution in [2.75, 3.05) is 32.8 Å². The molecule has 0 unspecified atom stereocenters. The second kappa shape index (κ2) is 6.80. The first-order valence-corrected chi connectivity index (χ1v) is 8.65. The summed E-state index contributed by atoms with van der Waals surface area (Å²) in [6.45, 7) is 5.89. The third kappa shape index (κ3) is 3.10. The maximum absolute atomic E-state index is 12.9. The van der Waals surface area contributed by atoms with E-state index >= 15 is 0 Å². The van der Waals surface area contributed by atoms with E-state index in [-0.39, 0.29) is 12.0 Å². The van der Waals surface area contributed by atoms with Gasteiger partial charge in [-0.1, -0.05) is 0 Å². The summed E-state index contributed by atoms with van der Waals surface area (Å²) in [6, 6.07) is 3.76. The summed E-state index contributed by atoms with van der Waals surface area (Å²) in [5.41, 5.74) is 2.01. The molecule has 128 valence electrons. The van der Waals surface area contributed by atoms with Gasteiger partial charge in [0.15, 0.2) is 0 Å². The molecule has 0 spiro atoms. The highest BCUT2D eigenvalue weighted by atomic mass is 79.9. The predicted octanol–water partition coefficient (Wildman–Crippen LogP) is 2.32. The number of aryl methyl sites for hydroxylation is 1. The largest absolute Gasteiger partial charge is 0.450 e. The summed E-state index contributed by atoms with van der Waals surface area (Å²) in [5, 5.41) is 0. The standard InChI is InChI=1S/C16H19BrN4O3/c1-3-24-16(23)20-8-6-19(7-9-20)15(22)14-11(2)18-13-5-4-12(17)10-21(13)14/h4-5,10H,3,6-9H2,1-2H3. The highest BCUT2D eigenvalue weighted by Gasteiger charge is 2.28. The molecule has 0 atom stereocenters. The Morgan fingerprint density at radius 3 is 2.54 bits per heavy atom. The van der Waals surface area contributed by atoms with Crippen LogP contribution in [-0.2, 0) is 4.74 Å². The Morgan fingerprint density at radius 2 is 1.88 bits per heavy atom. The molecular formula is C16H19BrN4O3. The molecule has 7 nitrogen and oxygen atoms in total. The molecule has 3 heterocycles. The van der Waals surface area contributed by atoms with Crippen molar-refractivity contribution in [3.8, 4) is 0 Å². The first-order valence-electron chi connectivity index (χ1n) is 7.86. The van der Waals surface area contributed by atoms with Crippen LogP contribution in [-0.4, -0.2) is 64.0 Å². The molecule has 1 aliphatic rings. The van der Waals surface area contributed by atoms with E-state index in [0.717, 1.165) is 10.1 Å². The smallest absolute Gasteiger partial charge is 0.409 e. The number of amides is 2. The minimum absolute atomic E-state index is 0.0680. The summed E-state index contributed by atoms with van der Waals surface area (Å²) in [4.78, 5) is 32.5. The molecule has 3 rings (SSSR count). The molecular weight excluding hydrogens is 376 g/mol. The monoisotopic (exact) mass is 394 g/mol. The summed E-state index contributed by atoms with van der Waals surface area (Å²) in [6.07, 6.45) is 1.52. The zero-order chi connectivity index (χ0) is 17.3. The molecule has 0 saturated carbocycles. The van der Waals surface area contributed by atoms with Gasteiger partial charge in [0.25, 0.3) is 5.91 Å². The van der Waals surface area contributed by atoms with Gasteiger partial charge in [-0.3, -0.25) is 9.20 Å². The molecule has 0 bridgehead atoms. The Bertz CT molecular complexity index is 781. The van der Waals surface area contributed by atoms with Crippen molar-refractivity contribution in [3.05, 3.63) is 34.2 Å². The lowest BCUT2D eigenvalue weighted by Gasteiger charge is -2.34. The molecule has 24 heavy (non-hydrogen) atoms. The highest BCUT2D eigenvalue weighted by molar-refractivity contribution is 9.10. The number of hydrogen-bond donors (Lipinski definition) is 0. The number of rotatable bonds is 2. The number of imidazole rings is 1. The molecule has 1 fully saturated rings. The second-order valence-corrected chi connectivity index (χ2v) is 6.52. The molecule has 0 aliphatic carbocycles. The Kier molecular flexibility index (Phi) is 4.75. The first kappa shape index (κ1) is 16.8. The normalized spacial score (nSPS) is 15.0. The van der Waals surface area contributed by atoms with Gasteiger partial charge in [-0.05, 0) is 41.9 Å². The fraction of sp³-hybridized carbons (Fsp3) is 0.438. The van der Waals surface area contributed by atoms with Crippen LogP contribution in [0.3, 0.4) is 0 Å². The number of nitrogens with zero attached hydrogens (tertiary/aromatic N) is 4. The summed E-state index contributed by atoms with van der Waals surface area (Å²) < 4.78 is 7.69. The van der Waals surface area contributed by atoms with Crippen LogP contribution in [0.15, 0.2) is 22.8 Å². The molecule has 2 amide bonds. The fourth-order valence-electron chi connectivity index (χ4n) is 2.85. The number of fused-ring (bicyclic) bond motifs is 1. The van der Waals surface area contributed by atoms with Crippen molar-refractivity contribution in [1.29, 1.82) is 0 Å². The summed E-state index contributed by atoms with van der Waals surface area (Å²) >= 11 is 3.43. The average molecular weight is 395 g/mol. The minimum Gasteiger partial charge on any atom is -0.450 e. The number of halogens is 1. The maximum atomic E-state index is 12.9. The lowest BCUT2D eigenvalue weighted by Crippen LogP contribution is -2.51. The molecule has 1 aliphatic heterocycles. The van der Waals surface area contributed by atoms with Crippen LogP contribution in [0.5, 0.6) is 0 Å². The van der Waals surface area contributed by atoms with Gasteiger partial charge < -0.3 is 14.5 Å². The van der Waals surface area contributed by atoms with E-state index in [4.69, 9.17) is 4.74 Å². The van der Waals surface area contributed by atoms with Crippen LogP contribution >= 0.6 is 15.9 Å². The molecule has 1 saturated heterocycles. The van der Waals surface area contributed by atoms with E-state index in [9.17, 15) is 9.59 Å². The van der Waals surface area contributed by atoms with Gasteiger partial charge in [0.2, 0.25) is 0 Å². The van der Waals surface area contributed by atoms with Crippen LogP contribution in [0.4, 0.5) is 4.79 Å². The van der Waals surface area contributed by atoms with E-state index in [1.54, 1.807) is 21.1 Å². The van der Waals surface area contributed by atoms with Crippen molar-refractivity contribution in [2.24, 2.45) is 0 Å². The first-order chi connectivity index (χ1) is 11.5. The number of hydrogen-bond acceptors (Lipinski definition) is 4. The summed E-state index contributed by atoms with van der Waals surface area (Å²) in [7, 11) is 0. The van der Waals surface area contributed by atoms with Crippen molar-refractivity contribution >= 4 is 33.6 Å². The number of piperazine rings is 1. The Balaban J connectivity index is 1.78. The minimum atomic E-state index is -0.320. The van der Waals surface area contributed by atoms with Gasteiger partial charge in [0, 0.05) is 36.8 Å². The topological polar surface area (TPSA) is 67.2 Å². The van der Waals surface area contributed by atoms with Crippen molar-refractivity contribution in [2.45, 2.75) is 13.8 Å². The maximum Gasteiger partial charge on any atom is 0.409 e. The predicted molar refractivity (Wildman–Crippen MR) is 92.1 cm³/mol. The number of pyridine rings is 1. The summed E-state index contributed by atoms with van der Waals surface area (Å²) in [5.74, 6) is -0.0680. The highest BCUT2D eigenvalue weighted by Crippen LogP contribution is 2.19. The lowest BCUT2D eigenvalue weighted by atomic mass is 10.2. The molecule has 2 aromatic rings. The van der Waals surface area contributed by atoms with Crippen LogP contribution in [0, 0.1) is 6.92 Å². The quantitative estimate of drug-likeness (QED) is 0.783. The molecule has 8 heteroatoms. The number of ether oxygens (including phenoxy) is 1.